The molecule has 76 valence electrons. The number of carboxylic acids is 1. The maximum atomic E-state index is 10.8. The highest BCUT2D eigenvalue weighted by atomic mass is 32.2. The Balaban J connectivity index is 3.42. The predicted molar refractivity (Wildman–Crippen MR) is 40.0 cm³/mol. The molecule has 0 atom stereocenters. The van der Waals surface area contributed by atoms with Crippen LogP contribution in [0.4, 0.5) is 0 Å². The average Bonchev–Trinajstić information content (AvgIpc) is 2.02. The SMILES string of the molecule is O=C([O-])c1cc(S(=O)(=O)O)ccc1[O-]. The molecule has 0 amide bonds. The van der Waals surface area contributed by atoms with Crippen LogP contribution in [0.5, 0.6) is 5.75 Å². The maximum Gasteiger partial charge on any atom is 0.294 e. The van der Waals surface area contributed by atoms with Crippen LogP contribution in [-0.2, 0) is 10.1 Å². The molecule has 1 rings (SSSR count). The number of rotatable bonds is 2. The number of carbonyl (C=O) groups is 1. The highest BCUT2D eigenvalue weighted by Gasteiger charge is 2.10. The molecular formula is C7H4O6S-2. The lowest BCUT2D eigenvalue weighted by Gasteiger charge is -2.14. The molecule has 0 saturated carbocycles. The van der Waals surface area contributed by atoms with Gasteiger partial charge in [-0.3, -0.25) is 4.55 Å². The van der Waals surface area contributed by atoms with E-state index in [4.69, 9.17) is 4.55 Å². The number of carboxylic acid groups (broad SMARTS) is 1. The van der Waals surface area contributed by atoms with E-state index in [9.17, 15) is 23.4 Å². The third kappa shape index (κ3) is 2.01. The molecule has 14 heavy (non-hydrogen) atoms. The van der Waals surface area contributed by atoms with Crippen LogP contribution in [0.15, 0.2) is 23.1 Å². The van der Waals surface area contributed by atoms with Crippen molar-refractivity contribution in [3.05, 3.63) is 23.8 Å². The first-order valence-electron chi connectivity index (χ1n) is 3.32. The van der Waals surface area contributed by atoms with Crippen LogP contribution in [0.25, 0.3) is 0 Å². The second kappa shape index (κ2) is 3.28. The Kier molecular flexibility index (Phi) is 2.45. The summed E-state index contributed by atoms with van der Waals surface area (Å²) in [4.78, 5) is 9.66. The van der Waals surface area contributed by atoms with Gasteiger partial charge in [0.2, 0.25) is 0 Å². The monoisotopic (exact) mass is 216 g/mol. The number of carbonyl (C=O) groups excluding carboxylic acids is 1. The number of hydrogen-bond donors (Lipinski definition) is 1. The van der Waals surface area contributed by atoms with Crippen molar-refractivity contribution in [1.82, 2.24) is 0 Å². The van der Waals surface area contributed by atoms with Gasteiger partial charge in [0.15, 0.2) is 0 Å². The molecule has 0 aromatic heterocycles. The summed E-state index contributed by atoms with van der Waals surface area (Å²) < 4.78 is 29.7. The first-order chi connectivity index (χ1) is 6.32. The van der Waals surface area contributed by atoms with Crippen LogP contribution in [-0.4, -0.2) is 18.9 Å². The second-order valence-electron chi connectivity index (χ2n) is 2.42. The van der Waals surface area contributed by atoms with E-state index in [-0.39, 0.29) is 0 Å². The van der Waals surface area contributed by atoms with Gasteiger partial charge >= 0.3 is 0 Å². The van der Waals surface area contributed by atoms with Crippen molar-refractivity contribution < 1.29 is 28.0 Å². The van der Waals surface area contributed by atoms with E-state index in [0.29, 0.717) is 6.07 Å². The molecule has 7 heteroatoms. The van der Waals surface area contributed by atoms with Crippen molar-refractivity contribution in [3.63, 3.8) is 0 Å². The molecule has 1 aromatic rings. The molecule has 0 radical (unpaired) electrons. The Morgan fingerprint density at radius 3 is 2.36 bits per heavy atom. The summed E-state index contributed by atoms with van der Waals surface area (Å²) in [6, 6.07) is 2.09. The van der Waals surface area contributed by atoms with E-state index >= 15 is 0 Å². The fourth-order valence-electron chi connectivity index (χ4n) is 0.829. The van der Waals surface area contributed by atoms with Crippen LogP contribution >= 0.6 is 0 Å². The zero-order chi connectivity index (χ0) is 10.9. The maximum absolute atomic E-state index is 10.8. The normalized spacial score (nSPS) is 11.2. The zero-order valence-corrected chi connectivity index (χ0v) is 7.45. The number of hydrogen-bond acceptors (Lipinski definition) is 5. The number of aromatic carboxylic acids is 1. The third-order valence-corrected chi connectivity index (χ3v) is 2.32. The minimum atomic E-state index is -4.51. The van der Waals surface area contributed by atoms with E-state index in [1.165, 1.54) is 0 Å². The highest BCUT2D eigenvalue weighted by molar-refractivity contribution is 7.85. The molecule has 0 heterocycles. The Morgan fingerprint density at radius 2 is 1.93 bits per heavy atom. The molecule has 0 saturated heterocycles. The van der Waals surface area contributed by atoms with Gasteiger partial charge in [-0.2, -0.15) is 8.42 Å². The van der Waals surface area contributed by atoms with Crippen molar-refractivity contribution in [2.45, 2.75) is 4.90 Å². The fraction of sp³-hybridized carbons (Fsp3) is 0. The van der Waals surface area contributed by atoms with E-state index < -0.39 is 32.3 Å². The summed E-state index contributed by atoms with van der Waals surface area (Å²) in [5.41, 5.74) is -0.805. The Labute approximate surface area is 79.2 Å². The molecule has 1 N–H and O–H groups in total. The summed E-state index contributed by atoms with van der Waals surface area (Å²) >= 11 is 0. The summed E-state index contributed by atoms with van der Waals surface area (Å²) in [6.07, 6.45) is 0. The van der Waals surface area contributed by atoms with E-state index in [2.05, 4.69) is 0 Å². The quantitative estimate of drug-likeness (QED) is 0.593. The summed E-state index contributed by atoms with van der Waals surface area (Å²) in [5.74, 6) is -2.67. The molecule has 6 nitrogen and oxygen atoms in total. The van der Waals surface area contributed by atoms with Crippen molar-refractivity contribution >= 4 is 16.1 Å². The predicted octanol–water partition coefficient (Wildman–Crippen LogP) is -1.63. The Hall–Kier alpha value is -1.60. The van der Waals surface area contributed by atoms with E-state index in [1.807, 2.05) is 0 Å². The standard InChI is InChI=1S/C7H6O6S/c8-6-2-1-4(14(11,12)13)3-5(6)7(9)10/h1-3,8H,(H,9,10)(H,11,12,13)/p-2. The van der Waals surface area contributed by atoms with Crippen LogP contribution in [0.2, 0.25) is 0 Å². The van der Waals surface area contributed by atoms with Crippen molar-refractivity contribution in [3.8, 4) is 5.75 Å². The topological polar surface area (TPSA) is 118 Å². The molecular weight excluding hydrogens is 212 g/mol. The first kappa shape index (κ1) is 10.5. The smallest absolute Gasteiger partial charge is 0.294 e. The largest absolute Gasteiger partial charge is 0.872 e. The van der Waals surface area contributed by atoms with Gasteiger partial charge in [0.1, 0.15) is 0 Å². The number of benzene rings is 1. The molecule has 0 fully saturated rings. The molecule has 0 spiro atoms. The molecule has 1 aromatic carbocycles. The van der Waals surface area contributed by atoms with Crippen LogP contribution in [0.3, 0.4) is 0 Å². The molecule has 0 bridgehead atoms. The lowest BCUT2D eigenvalue weighted by atomic mass is 10.2. The summed E-state index contributed by atoms with van der Waals surface area (Å²) in [6.45, 7) is 0. The lowest BCUT2D eigenvalue weighted by molar-refractivity contribution is -0.276. The molecule has 0 aliphatic rings. The lowest BCUT2D eigenvalue weighted by Crippen LogP contribution is -2.24. The van der Waals surface area contributed by atoms with Crippen LogP contribution < -0.4 is 10.2 Å². The molecule has 0 unspecified atom stereocenters. The van der Waals surface area contributed by atoms with Gasteiger partial charge in [-0.05, 0) is 17.7 Å². The van der Waals surface area contributed by atoms with Crippen LogP contribution in [0.1, 0.15) is 10.4 Å². The summed E-state index contributed by atoms with van der Waals surface area (Å²) in [7, 11) is -4.51. The van der Waals surface area contributed by atoms with Crippen molar-refractivity contribution in [2.24, 2.45) is 0 Å². The van der Waals surface area contributed by atoms with Crippen molar-refractivity contribution in [1.29, 1.82) is 0 Å². The Morgan fingerprint density at radius 1 is 1.36 bits per heavy atom. The van der Waals surface area contributed by atoms with E-state index in [1.54, 1.807) is 0 Å². The molecule has 0 aliphatic carbocycles. The van der Waals surface area contributed by atoms with Gasteiger partial charge in [0, 0.05) is 0 Å². The van der Waals surface area contributed by atoms with Gasteiger partial charge < -0.3 is 15.0 Å². The van der Waals surface area contributed by atoms with Crippen molar-refractivity contribution in [2.75, 3.05) is 0 Å². The van der Waals surface area contributed by atoms with Gasteiger partial charge in [-0.1, -0.05) is 11.8 Å². The minimum absolute atomic E-state index is 0.549. The summed E-state index contributed by atoms with van der Waals surface area (Å²) in [5, 5.41) is 21.2. The van der Waals surface area contributed by atoms with Gasteiger partial charge in [0.05, 0.1) is 10.9 Å². The Bertz CT molecular complexity index is 475. The molecule has 0 aliphatic heterocycles. The minimum Gasteiger partial charge on any atom is -0.872 e. The third-order valence-electron chi connectivity index (χ3n) is 1.47. The van der Waals surface area contributed by atoms with Gasteiger partial charge in [0.25, 0.3) is 10.1 Å². The zero-order valence-electron chi connectivity index (χ0n) is 6.63. The average molecular weight is 216 g/mol. The van der Waals surface area contributed by atoms with Gasteiger partial charge in [-0.15, -0.1) is 0 Å². The second-order valence-corrected chi connectivity index (χ2v) is 3.84. The van der Waals surface area contributed by atoms with E-state index in [0.717, 1.165) is 12.1 Å². The van der Waals surface area contributed by atoms with Gasteiger partial charge in [-0.25, -0.2) is 0 Å². The highest BCUT2D eigenvalue weighted by Crippen LogP contribution is 2.17. The van der Waals surface area contributed by atoms with Crippen LogP contribution in [0, 0.1) is 0 Å². The first-order valence-corrected chi connectivity index (χ1v) is 4.76. The fourth-order valence-corrected chi connectivity index (χ4v) is 1.34.